The van der Waals surface area contributed by atoms with E-state index in [4.69, 9.17) is 0 Å². The molecule has 0 spiro atoms. The zero-order valence-electron chi connectivity index (χ0n) is 11.1. The SMILES string of the molecule is CCN1CCCC(Nc2ccc(F)c(F)c2F)CC1. The molecular formula is C14H19F3N2. The summed E-state index contributed by atoms with van der Waals surface area (Å²) in [6.07, 6.45) is 2.82. The highest BCUT2D eigenvalue weighted by Crippen LogP contribution is 2.23. The minimum absolute atomic E-state index is 0.0499. The van der Waals surface area contributed by atoms with Crippen LogP contribution in [-0.4, -0.2) is 30.6 Å². The van der Waals surface area contributed by atoms with Gasteiger partial charge in [0.1, 0.15) is 0 Å². The molecule has 0 aliphatic carbocycles. The van der Waals surface area contributed by atoms with Crippen molar-refractivity contribution in [1.29, 1.82) is 0 Å². The van der Waals surface area contributed by atoms with Gasteiger partial charge in [0.05, 0.1) is 5.69 Å². The zero-order valence-corrected chi connectivity index (χ0v) is 11.1. The highest BCUT2D eigenvalue weighted by atomic mass is 19.2. The Morgan fingerprint density at radius 3 is 2.68 bits per heavy atom. The van der Waals surface area contributed by atoms with E-state index in [1.165, 1.54) is 6.07 Å². The molecule has 0 radical (unpaired) electrons. The molecule has 2 nitrogen and oxygen atoms in total. The topological polar surface area (TPSA) is 15.3 Å². The molecule has 1 aromatic carbocycles. The van der Waals surface area contributed by atoms with Crippen molar-refractivity contribution in [1.82, 2.24) is 4.90 Å². The molecule has 1 heterocycles. The van der Waals surface area contributed by atoms with Crippen LogP contribution < -0.4 is 5.32 Å². The average Bonchev–Trinajstić information content (AvgIpc) is 2.64. The highest BCUT2D eigenvalue weighted by Gasteiger charge is 2.19. The van der Waals surface area contributed by atoms with E-state index in [-0.39, 0.29) is 11.7 Å². The molecule has 2 rings (SSSR count). The maximum absolute atomic E-state index is 13.6. The molecule has 1 saturated heterocycles. The lowest BCUT2D eigenvalue weighted by molar-refractivity contribution is 0.300. The number of nitrogens with one attached hydrogen (secondary N) is 1. The Labute approximate surface area is 111 Å². The van der Waals surface area contributed by atoms with Crippen LogP contribution in [0.2, 0.25) is 0 Å². The largest absolute Gasteiger partial charge is 0.380 e. The predicted octanol–water partition coefficient (Wildman–Crippen LogP) is 3.39. The molecule has 1 fully saturated rings. The third-order valence-electron chi connectivity index (χ3n) is 3.66. The minimum atomic E-state index is -1.41. The van der Waals surface area contributed by atoms with Gasteiger partial charge in [-0.3, -0.25) is 0 Å². The Bertz CT molecular complexity index is 437. The number of rotatable bonds is 3. The molecular weight excluding hydrogens is 253 g/mol. The van der Waals surface area contributed by atoms with Gasteiger partial charge in [-0.05, 0) is 44.5 Å². The molecule has 0 saturated carbocycles. The molecule has 0 bridgehead atoms. The molecule has 19 heavy (non-hydrogen) atoms. The Kier molecular flexibility index (Phi) is 4.69. The lowest BCUT2D eigenvalue weighted by Crippen LogP contribution is -2.26. The maximum atomic E-state index is 13.6. The van der Waals surface area contributed by atoms with Crippen LogP contribution in [0.4, 0.5) is 18.9 Å². The van der Waals surface area contributed by atoms with Gasteiger partial charge in [0, 0.05) is 12.6 Å². The van der Waals surface area contributed by atoms with Gasteiger partial charge in [0.2, 0.25) is 0 Å². The highest BCUT2D eigenvalue weighted by molar-refractivity contribution is 5.46. The number of hydrogen-bond acceptors (Lipinski definition) is 2. The van der Waals surface area contributed by atoms with Gasteiger partial charge in [0.15, 0.2) is 17.5 Å². The number of likely N-dealkylation sites (tertiary alicyclic amines) is 1. The van der Waals surface area contributed by atoms with E-state index in [0.29, 0.717) is 0 Å². The maximum Gasteiger partial charge on any atom is 0.196 e. The molecule has 1 unspecified atom stereocenters. The van der Waals surface area contributed by atoms with Crippen molar-refractivity contribution in [2.75, 3.05) is 25.0 Å². The van der Waals surface area contributed by atoms with E-state index >= 15 is 0 Å². The van der Waals surface area contributed by atoms with Crippen molar-refractivity contribution in [2.24, 2.45) is 0 Å². The first-order valence-corrected chi connectivity index (χ1v) is 6.74. The fourth-order valence-electron chi connectivity index (χ4n) is 2.47. The summed E-state index contributed by atoms with van der Waals surface area (Å²) in [4.78, 5) is 2.34. The van der Waals surface area contributed by atoms with E-state index in [2.05, 4.69) is 17.1 Å². The van der Waals surface area contributed by atoms with Crippen LogP contribution in [0.3, 0.4) is 0 Å². The number of benzene rings is 1. The summed E-state index contributed by atoms with van der Waals surface area (Å²) >= 11 is 0. The van der Waals surface area contributed by atoms with Gasteiger partial charge in [-0.1, -0.05) is 6.92 Å². The van der Waals surface area contributed by atoms with E-state index in [9.17, 15) is 13.2 Å². The summed E-state index contributed by atoms with van der Waals surface area (Å²) in [5.41, 5.74) is 0.0499. The van der Waals surface area contributed by atoms with E-state index in [1.807, 2.05) is 0 Å². The third-order valence-corrected chi connectivity index (χ3v) is 3.66. The molecule has 1 N–H and O–H groups in total. The summed E-state index contributed by atoms with van der Waals surface area (Å²) in [7, 11) is 0. The second-order valence-electron chi connectivity index (χ2n) is 4.93. The third kappa shape index (κ3) is 3.41. The number of anilines is 1. The summed E-state index contributed by atoms with van der Waals surface area (Å²) in [5, 5.41) is 2.99. The van der Waals surface area contributed by atoms with Crippen molar-refractivity contribution >= 4 is 5.69 Å². The molecule has 1 atom stereocenters. The number of hydrogen-bond donors (Lipinski definition) is 1. The van der Waals surface area contributed by atoms with Gasteiger partial charge in [-0.2, -0.15) is 0 Å². The van der Waals surface area contributed by atoms with Crippen LogP contribution in [0.1, 0.15) is 26.2 Å². The van der Waals surface area contributed by atoms with Crippen LogP contribution in [0.5, 0.6) is 0 Å². The summed E-state index contributed by atoms with van der Waals surface area (Å²) in [6, 6.07) is 2.32. The molecule has 0 aromatic heterocycles. The second kappa shape index (κ2) is 6.28. The normalized spacial score (nSPS) is 21.2. The van der Waals surface area contributed by atoms with Gasteiger partial charge in [-0.15, -0.1) is 0 Å². The van der Waals surface area contributed by atoms with Crippen LogP contribution >= 0.6 is 0 Å². The number of halogens is 3. The van der Waals surface area contributed by atoms with Gasteiger partial charge < -0.3 is 10.2 Å². The monoisotopic (exact) mass is 272 g/mol. The Hall–Kier alpha value is -1.23. The van der Waals surface area contributed by atoms with E-state index in [0.717, 1.165) is 45.0 Å². The summed E-state index contributed by atoms with van der Waals surface area (Å²) in [5.74, 6) is -3.69. The van der Waals surface area contributed by atoms with Crippen molar-refractivity contribution < 1.29 is 13.2 Å². The smallest absolute Gasteiger partial charge is 0.196 e. The van der Waals surface area contributed by atoms with E-state index in [1.54, 1.807) is 0 Å². The first kappa shape index (κ1) is 14.2. The lowest BCUT2D eigenvalue weighted by Gasteiger charge is -2.19. The van der Waals surface area contributed by atoms with Gasteiger partial charge in [0.25, 0.3) is 0 Å². The first-order valence-electron chi connectivity index (χ1n) is 6.74. The van der Waals surface area contributed by atoms with Gasteiger partial charge in [-0.25, -0.2) is 13.2 Å². The Morgan fingerprint density at radius 1 is 1.16 bits per heavy atom. The molecule has 5 heteroatoms. The zero-order chi connectivity index (χ0) is 13.8. The quantitative estimate of drug-likeness (QED) is 0.848. The molecule has 1 aliphatic rings. The predicted molar refractivity (Wildman–Crippen MR) is 69.7 cm³/mol. The first-order chi connectivity index (χ1) is 9.11. The number of nitrogens with zero attached hydrogens (tertiary/aromatic N) is 1. The van der Waals surface area contributed by atoms with Crippen molar-refractivity contribution in [2.45, 2.75) is 32.2 Å². The molecule has 106 valence electrons. The fourth-order valence-corrected chi connectivity index (χ4v) is 2.47. The fraction of sp³-hybridized carbons (Fsp3) is 0.571. The second-order valence-corrected chi connectivity index (χ2v) is 4.93. The standard InChI is InChI=1S/C14H19F3N2/c1-2-19-8-3-4-10(7-9-19)18-12-6-5-11(15)13(16)14(12)17/h5-6,10,18H,2-4,7-9H2,1H3. The van der Waals surface area contributed by atoms with Crippen LogP contribution in [0, 0.1) is 17.5 Å². The summed E-state index contributed by atoms with van der Waals surface area (Å²) in [6.45, 7) is 5.10. The van der Waals surface area contributed by atoms with Gasteiger partial charge >= 0.3 is 0 Å². The lowest BCUT2D eigenvalue weighted by atomic mass is 10.1. The summed E-state index contributed by atoms with van der Waals surface area (Å²) < 4.78 is 39.6. The minimum Gasteiger partial charge on any atom is -0.380 e. The Morgan fingerprint density at radius 2 is 1.95 bits per heavy atom. The van der Waals surface area contributed by atoms with Crippen molar-refractivity contribution in [3.8, 4) is 0 Å². The van der Waals surface area contributed by atoms with Crippen molar-refractivity contribution in [3.05, 3.63) is 29.6 Å². The molecule has 1 aromatic rings. The van der Waals surface area contributed by atoms with Crippen LogP contribution in [0.25, 0.3) is 0 Å². The molecule has 0 amide bonds. The van der Waals surface area contributed by atoms with Crippen LogP contribution in [0.15, 0.2) is 12.1 Å². The van der Waals surface area contributed by atoms with Crippen molar-refractivity contribution in [3.63, 3.8) is 0 Å². The molecule has 1 aliphatic heterocycles. The van der Waals surface area contributed by atoms with E-state index < -0.39 is 17.5 Å². The van der Waals surface area contributed by atoms with Crippen LogP contribution in [-0.2, 0) is 0 Å². The Balaban J connectivity index is 2.03. The average molecular weight is 272 g/mol.